The van der Waals surface area contributed by atoms with Crippen LogP contribution in [0.5, 0.6) is 5.75 Å². The molecule has 0 radical (unpaired) electrons. The van der Waals surface area contributed by atoms with Crippen LogP contribution >= 0.6 is 0 Å². The van der Waals surface area contributed by atoms with Gasteiger partial charge in [0.15, 0.2) is 0 Å². The summed E-state index contributed by atoms with van der Waals surface area (Å²) in [6.07, 6.45) is 2.69. The molecular formula is C22H21BF2O3. The molecule has 0 saturated carbocycles. The number of benzene rings is 3. The van der Waals surface area contributed by atoms with E-state index in [9.17, 15) is 18.8 Å². The van der Waals surface area contributed by atoms with Gasteiger partial charge in [-0.05, 0) is 71.5 Å². The molecule has 6 heteroatoms. The molecule has 0 aromatic heterocycles. The third kappa shape index (κ3) is 4.77. The number of hydrogen-bond acceptors (Lipinski definition) is 3. The summed E-state index contributed by atoms with van der Waals surface area (Å²) in [5.41, 5.74) is 3.88. The molecule has 0 unspecified atom stereocenters. The third-order valence-electron chi connectivity index (χ3n) is 4.55. The Morgan fingerprint density at radius 1 is 0.821 bits per heavy atom. The standard InChI is InChI=1S/C22H21BF2O3/c1-2-3-4-16-13-19(25)10-11-20(16)17-7-12-22(28-23(26)27)21(14-17)15-5-8-18(24)9-6-15/h5-14,26-27H,2-4H2,1H3. The predicted octanol–water partition coefficient (Wildman–Crippen LogP) is 4.99. The van der Waals surface area contributed by atoms with Crippen molar-refractivity contribution in [3.8, 4) is 28.0 Å². The zero-order valence-corrected chi connectivity index (χ0v) is 15.5. The third-order valence-corrected chi connectivity index (χ3v) is 4.55. The Morgan fingerprint density at radius 2 is 1.50 bits per heavy atom. The summed E-state index contributed by atoms with van der Waals surface area (Å²) in [4.78, 5) is 0. The summed E-state index contributed by atoms with van der Waals surface area (Å²) in [6, 6.07) is 15.8. The van der Waals surface area contributed by atoms with E-state index in [-0.39, 0.29) is 17.4 Å². The van der Waals surface area contributed by atoms with Gasteiger partial charge in [-0.3, -0.25) is 0 Å². The second-order valence-electron chi connectivity index (χ2n) is 6.57. The Morgan fingerprint density at radius 3 is 2.18 bits per heavy atom. The zero-order valence-electron chi connectivity index (χ0n) is 15.5. The summed E-state index contributed by atoms with van der Waals surface area (Å²) < 4.78 is 32.2. The fraction of sp³-hybridized carbons (Fsp3) is 0.182. The lowest BCUT2D eigenvalue weighted by Gasteiger charge is -2.15. The normalized spacial score (nSPS) is 10.8. The van der Waals surface area contributed by atoms with Crippen LogP contribution in [-0.4, -0.2) is 17.4 Å². The SMILES string of the molecule is CCCCc1cc(F)ccc1-c1ccc(OB(O)O)c(-c2ccc(F)cc2)c1. The number of rotatable bonds is 7. The maximum absolute atomic E-state index is 13.8. The predicted molar refractivity (Wildman–Crippen MR) is 107 cm³/mol. The molecule has 0 bridgehead atoms. The van der Waals surface area contributed by atoms with E-state index in [1.54, 1.807) is 36.4 Å². The van der Waals surface area contributed by atoms with Gasteiger partial charge in [0.2, 0.25) is 0 Å². The van der Waals surface area contributed by atoms with E-state index in [0.29, 0.717) is 11.1 Å². The molecule has 144 valence electrons. The van der Waals surface area contributed by atoms with Crippen molar-refractivity contribution in [2.45, 2.75) is 26.2 Å². The lowest BCUT2D eigenvalue weighted by Crippen LogP contribution is -2.20. The van der Waals surface area contributed by atoms with E-state index in [4.69, 9.17) is 4.65 Å². The van der Waals surface area contributed by atoms with E-state index in [2.05, 4.69) is 6.92 Å². The number of unbranched alkanes of at least 4 members (excludes halogenated alkanes) is 1. The number of halogens is 2. The van der Waals surface area contributed by atoms with Crippen molar-refractivity contribution >= 4 is 7.32 Å². The van der Waals surface area contributed by atoms with Crippen LogP contribution in [0.15, 0.2) is 60.7 Å². The van der Waals surface area contributed by atoms with Crippen LogP contribution in [0.2, 0.25) is 0 Å². The molecular weight excluding hydrogens is 361 g/mol. The number of aryl methyl sites for hydroxylation is 1. The van der Waals surface area contributed by atoms with Gasteiger partial charge >= 0.3 is 7.32 Å². The van der Waals surface area contributed by atoms with Crippen LogP contribution in [0, 0.1) is 11.6 Å². The van der Waals surface area contributed by atoms with Crippen molar-refractivity contribution in [3.05, 3.63) is 77.9 Å². The van der Waals surface area contributed by atoms with Gasteiger partial charge in [0.25, 0.3) is 0 Å². The van der Waals surface area contributed by atoms with Crippen molar-refractivity contribution in [2.75, 3.05) is 0 Å². The number of hydrogen-bond donors (Lipinski definition) is 2. The monoisotopic (exact) mass is 382 g/mol. The average Bonchev–Trinajstić information content (AvgIpc) is 2.67. The lowest BCUT2D eigenvalue weighted by molar-refractivity contribution is 0.288. The molecule has 2 N–H and O–H groups in total. The van der Waals surface area contributed by atoms with Crippen LogP contribution in [0.25, 0.3) is 22.3 Å². The van der Waals surface area contributed by atoms with E-state index >= 15 is 0 Å². The first-order valence-electron chi connectivity index (χ1n) is 9.19. The highest BCUT2D eigenvalue weighted by atomic mass is 19.1. The summed E-state index contributed by atoms with van der Waals surface area (Å²) in [7, 11) is -1.98. The Hall–Kier alpha value is -2.70. The molecule has 0 atom stereocenters. The van der Waals surface area contributed by atoms with Gasteiger partial charge in [-0.15, -0.1) is 0 Å². The Kier molecular flexibility index (Phi) is 6.44. The zero-order chi connectivity index (χ0) is 20.1. The van der Waals surface area contributed by atoms with Crippen molar-refractivity contribution < 1.29 is 23.5 Å². The maximum Gasteiger partial charge on any atom is 0.707 e. The van der Waals surface area contributed by atoms with Crippen molar-refractivity contribution in [2.24, 2.45) is 0 Å². The molecule has 0 aliphatic carbocycles. The van der Waals surface area contributed by atoms with Crippen molar-refractivity contribution in [3.63, 3.8) is 0 Å². The summed E-state index contributed by atoms with van der Waals surface area (Å²) in [5, 5.41) is 18.4. The molecule has 3 nitrogen and oxygen atoms in total. The van der Waals surface area contributed by atoms with Crippen LogP contribution in [0.1, 0.15) is 25.3 Å². The highest BCUT2D eigenvalue weighted by Gasteiger charge is 2.17. The molecule has 0 fully saturated rings. The minimum absolute atomic E-state index is 0.252. The molecule has 28 heavy (non-hydrogen) atoms. The maximum atomic E-state index is 13.8. The fourth-order valence-electron chi connectivity index (χ4n) is 3.19. The van der Waals surface area contributed by atoms with Crippen LogP contribution in [0.4, 0.5) is 8.78 Å². The van der Waals surface area contributed by atoms with Crippen molar-refractivity contribution in [1.82, 2.24) is 0 Å². The van der Waals surface area contributed by atoms with Gasteiger partial charge in [0.05, 0.1) is 0 Å². The molecule has 0 heterocycles. The lowest BCUT2D eigenvalue weighted by atomic mass is 9.93. The fourth-order valence-corrected chi connectivity index (χ4v) is 3.19. The first-order chi connectivity index (χ1) is 13.5. The average molecular weight is 382 g/mol. The van der Waals surface area contributed by atoms with Gasteiger partial charge in [-0.1, -0.05) is 37.6 Å². The van der Waals surface area contributed by atoms with Crippen LogP contribution < -0.4 is 4.65 Å². The smallest absolute Gasteiger partial charge is 0.512 e. The Bertz CT molecular complexity index is 943. The highest BCUT2D eigenvalue weighted by Crippen LogP contribution is 2.36. The highest BCUT2D eigenvalue weighted by molar-refractivity contribution is 6.34. The molecule has 0 amide bonds. The van der Waals surface area contributed by atoms with Gasteiger partial charge < -0.3 is 14.7 Å². The molecule has 0 aliphatic rings. The molecule has 3 aromatic carbocycles. The molecule has 0 saturated heterocycles. The quantitative estimate of drug-likeness (QED) is 0.566. The second kappa shape index (κ2) is 9.00. The molecule has 3 rings (SSSR count). The van der Waals surface area contributed by atoms with Gasteiger partial charge in [-0.25, -0.2) is 8.78 Å². The summed E-state index contributed by atoms with van der Waals surface area (Å²) in [5.74, 6) is -0.399. The van der Waals surface area contributed by atoms with Gasteiger partial charge in [0.1, 0.15) is 17.4 Å². The summed E-state index contributed by atoms with van der Waals surface area (Å²) >= 11 is 0. The Balaban J connectivity index is 2.11. The molecule has 3 aromatic rings. The van der Waals surface area contributed by atoms with Gasteiger partial charge in [0, 0.05) is 5.56 Å². The largest absolute Gasteiger partial charge is 0.707 e. The first kappa shape index (κ1) is 20.0. The Labute approximate surface area is 163 Å². The van der Waals surface area contributed by atoms with Crippen molar-refractivity contribution in [1.29, 1.82) is 0 Å². The van der Waals surface area contributed by atoms with E-state index in [0.717, 1.165) is 36.0 Å². The molecule has 0 aliphatic heterocycles. The van der Waals surface area contributed by atoms with E-state index < -0.39 is 7.32 Å². The first-order valence-corrected chi connectivity index (χ1v) is 9.19. The van der Waals surface area contributed by atoms with E-state index in [1.807, 2.05) is 6.07 Å². The topological polar surface area (TPSA) is 49.7 Å². The van der Waals surface area contributed by atoms with Gasteiger partial charge in [-0.2, -0.15) is 0 Å². The minimum atomic E-state index is -1.98. The second-order valence-corrected chi connectivity index (χ2v) is 6.57. The molecule has 0 spiro atoms. The van der Waals surface area contributed by atoms with Crippen LogP contribution in [-0.2, 0) is 6.42 Å². The van der Waals surface area contributed by atoms with Crippen LogP contribution in [0.3, 0.4) is 0 Å². The summed E-state index contributed by atoms with van der Waals surface area (Å²) in [6.45, 7) is 2.08. The minimum Gasteiger partial charge on any atom is -0.512 e. The van der Waals surface area contributed by atoms with E-state index in [1.165, 1.54) is 18.2 Å².